The Hall–Kier alpha value is -1.76. The van der Waals surface area contributed by atoms with E-state index in [0.717, 1.165) is 0 Å². The molecule has 0 fully saturated rings. The molecule has 0 aliphatic heterocycles. The van der Waals surface area contributed by atoms with Crippen molar-refractivity contribution in [1.29, 1.82) is 0 Å². The normalized spacial score (nSPS) is 12.5. The fourth-order valence-corrected chi connectivity index (χ4v) is 3.37. The van der Waals surface area contributed by atoms with Crippen LogP contribution in [0.1, 0.15) is 13.8 Å². The maximum absolute atomic E-state index is 12.3. The van der Waals surface area contributed by atoms with Crippen molar-refractivity contribution < 1.29 is 17.9 Å². The number of hydrogen-bond donors (Lipinski definition) is 1. The van der Waals surface area contributed by atoms with Gasteiger partial charge in [-0.3, -0.25) is 4.79 Å². The Morgan fingerprint density at radius 3 is 2.56 bits per heavy atom. The zero-order valence-corrected chi connectivity index (χ0v) is 16.0. The number of anilines is 1. The summed E-state index contributed by atoms with van der Waals surface area (Å²) in [6.07, 6.45) is -0.842. The molecule has 1 N–H and O–H groups in total. The third-order valence-electron chi connectivity index (χ3n) is 3.41. The lowest BCUT2D eigenvalue weighted by atomic mass is 10.3. The molecule has 0 saturated heterocycles. The Labute approximate surface area is 156 Å². The first-order valence-electron chi connectivity index (χ1n) is 7.48. The van der Waals surface area contributed by atoms with Gasteiger partial charge in [0, 0.05) is 10.7 Å². The molecule has 2 rings (SSSR count). The molecule has 25 heavy (non-hydrogen) atoms. The fourth-order valence-electron chi connectivity index (χ4n) is 1.99. The summed E-state index contributed by atoms with van der Waals surface area (Å²) in [5.74, 6) is -0.119. The molecule has 1 amide bonds. The van der Waals surface area contributed by atoms with Crippen LogP contribution in [0, 0.1) is 0 Å². The van der Waals surface area contributed by atoms with Gasteiger partial charge < -0.3 is 10.1 Å². The Bertz CT molecular complexity index is 884. The molecule has 5 nitrogen and oxygen atoms in total. The molecular formula is C17H17Cl2NO4S. The number of halogens is 2. The number of carbonyl (C=O) groups excluding carboxylic acids is 1. The predicted octanol–water partition coefficient (Wildman–Crippen LogP) is 4.19. The number of benzene rings is 2. The average Bonchev–Trinajstić information content (AvgIpc) is 2.57. The highest BCUT2D eigenvalue weighted by molar-refractivity contribution is 7.91. The summed E-state index contributed by atoms with van der Waals surface area (Å²) >= 11 is 11.8. The molecule has 8 heteroatoms. The molecule has 134 valence electrons. The van der Waals surface area contributed by atoms with Gasteiger partial charge in [-0.25, -0.2) is 8.42 Å². The first kappa shape index (κ1) is 19.6. The lowest BCUT2D eigenvalue weighted by Gasteiger charge is -2.16. The van der Waals surface area contributed by atoms with Crippen molar-refractivity contribution in [1.82, 2.24) is 0 Å². The summed E-state index contributed by atoms with van der Waals surface area (Å²) in [6.45, 7) is 3.12. The largest absolute Gasteiger partial charge is 0.479 e. The predicted molar refractivity (Wildman–Crippen MR) is 99.4 cm³/mol. The Balaban J connectivity index is 2.10. The van der Waals surface area contributed by atoms with Crippen LogP contribution >= 0.6 is 23.2 Å². The van der Waals surface area contributed by atoms with Crippen molar-refractivity contribution in [3.8, 4) is 5.75 Å². The van der Waals surface area contributed by atoms with Gasteiger partial charge in [0.15, 0.2) is 15.9 Å². The van der Waals surface area contributed by atoms with Crippen LogP contribution in [-0.2, 0) is 14.6 Å². The van der Waals surface area contributed by atoms with E-state index in [1.165, 1.54) is 18.2 Å². The van der Waals surface area contributed by atoms with Crippen LogP contribution in [0.25, 0.3) is 0 Å². The highest BCUT2D eigenvalue weighted by Crippen LogP contribution is 2.28. The lowest BCUT2D eigenvalue weighted by molar-refractivity contribution is -0.122. The Morgan fingerprint density at radius 2 is 1.92 bits per heavy atom. The standard InChI is InChI=1S/C17H17Cl2NO4S/c1-3-25(22,23)14-6-4-5-13(10-14)20-17(21)11(2)24-16-8-7-12(18)9-15(16)19/h4-11H,3H2,1-2H3,(H,20,21). The van der Waals surface area contributed by atoms with Crippen molar-refractivity contribution in [2.45, 2.75) is 24.8 Å². The molecule has 0 saturated carbocycles. The maximum atomic E-state index is 12.3. The van der Waals surface area contributed by atoms with E-state index in [1.807, 2.05) is 0 Å². The average molecular weight is 402 g/mol. The highest BCUT2D eigenvalue weighted by atomic mass is 35.5. The summed E-state index contributed by atoms with van der Waals surface area (Å²) in [7, 11) is -3.35. The minimum atomic E-state index is -3.35. The van der Waals surface area contributed by atoms with E-state index >= 15 is 0 Å². The second-order valence-electron chi connectivity index (χ2n) is 5.26. The number of carbonyl (C=O) groups is 1. The van der Waals surface area contributed by atoms with Crippen LogP contribution in [0.15, 0.2) is 47.4 Å². The number of sulfone groups is 1. The molecule has 0 aliphatic carbocycles. The first-order valence-corrected chi connectivity index (χ1v) is 9.89. The van der Waals surface area contributed by atoms with Crippen LogP contribution in [-0.4, -0.2) is 26.2 Å². The number of nitrogens with one attached hydrogen (secondary N) is 1. The van der Waals surface area contributed by atoms with E-state index in [0.29, 0.717) is 21.5 Å². The summed E-state index contributed by atoms with van der Waals surface area (Å²) in [5, 5.41) is 3.39. The molecule has 0 bridgehead atoms. The van der Waals surface area contributed by atoms with E-state index in [4.69, 9.17) is 27.9 Å². The molecule has 0 spiro atoms. The zero-order chi connectivity index (χ0) is 18.6. The van der Waals surface area contributed by atoms with E-state index in [1.54, 1.807) is 38.1 Å². The SMILES string of the molecule is CCS(=O)(=O)c1cccc(NC(=O)C(C)Oc2ccc(Cl)cc2Cl)c1. The van der Waals surface area contributed by atoms with Crippen LogP contribution in [0.4, 0.5) is 5.69 Å². The number of rotatable bonds is 6. The summed E-state index contributed by atoms with van der Waals surface area (Å²) in [4.78, 5) is 12.4. The van der Waals surface area contributed by atoms with Gasteiger partial charge in [0.1, 0.15) is 5.75 Å². The number of ether oxygens (including phenoxy) is 1. The van der Waals surface area contributed by atoms with Gasteiger partial charge in [-0.1, -0.05) is 36.2 Å². The van der Waals surface area contributed by atoms with Gasteiger partial charge in [0.25, 0.3) is 5.91 Å². The molecule has 0 heterocycles. The van der Waals surface area contributed by atoms with Gasteiger partial charge in [0.05, 0.1) is 15.7 Å². The molecular weight excluding hydrogens is 385 g/mol. The van der Waals surface area contributed by atoms with Gasteiger partial charge in [-0.15, -0.1) is 0 Å². The van der Waals surface area contributed by atoms with Crippen LogP contribution in [0.5, 0.6) is 5.75 Å². The van der Waals surface area contributed by atoms with Crippen molar-refractivity contribution in [2.24, 2.45) is 0 Å². The van der Waals surface area contributed by atoms with E-state index in [2.05, 4.69) is 5.32 Å². The van der Waals surface area contributed by atoms with Crippen LogP contribution < -0.4 is 10.1 Å². The minimum absolute atomic E-state index is 0.0149. The van der Waals surface area contributed by atoms with Crippen molar-refractivity contribution >= 4 is 44.6 Å². The second kappa shape index (κ2) is 8.08. The van der Waals surface area contributed by atoms with Gasteiger partial charge >= 0.3 is 0 Å². The quantitative estimate of drug-likeness (QED) is 0.787. The summed E-state index contributed by atoms with van der Waals surface area (Å²) in [6, 6.07) is 10.8. The van der Waals surface area contributed by atoms with Gasteiger partial charge in [-0.2, -0.15) is 0 Å². The maximum Gasteiger partial charge on any atom is 0.265 e. The van der Waals surface area contributed by atoms with Gasteiger partial charge in [0.2, 0.25) is 0 Å². The topological polar surface area (TPSA) is 72.5 Å². The van der Waals surface area contributed by atoms with E-state index in [-0.39, 0.29) is 10.6 Å². The first-order chi connectivity index (χ1) is 11.7. The molecule has 2 aromatic carbocycles. The molecule has 0 radical (unpaired) electrons. The summed E-state index contributed by atoms with van der Waals surface area (Å²) in [5.41, 5.74) is 0.372. The van der Waals surface area contributed by atoms with Crippen LogP contribution in [0.2, 0.25) is 10.0 Å². The summed E-state index contributed by atoms with van der Waals surface area (Å²) < 4.78 is 29.4. The monoisotopic (exact) mass is 401 g/mol. The van der Waals surface area contributed by atoms with Crippen molar-refractivity contribution in [3.63, 3.8) is 0 Å². The minimum Gasteiger partial charge on any atom is -0.479 e. The third kappa shape index (κ3) is 5.11. The molecule has 1 atom stereocenters. The molecule has 0 aliphatic rings. The third-order valence-corrected chi connectivity index (χ3v) is 5.67. The number of amides is 1. The van der Waals surface area contributed by atoms with Crippen molar-refractivity contribution in [3.05, 3.63) is 52.5 Å². The second-order valence-corrected chi connectivity index (χ2v) is 8.38. The van der Waals surface area contributed by atoms with Gasteiger partial charge in [-0.05, 0) is 43.3 Å². The van der Waals surface area contributed by atoms with E-state index < -0.39 is 21.8 Å². The van der Waals surface area contributed by atoms with E-state index in [9.17, 15) is 13.2 Å². The Morgan fingerprint density at radius 1 is 1.20 bits per heavy atom. The number of hydrogen-bond acceptors (Lipinski definition) is 4. The highest BCUT2D eigenvalue weighted by Gasteiger charge is 2.18. The van der Waals surface area contributed by atoms with Crippen molar-refractivity contribution in [2.75, 3.05) is 11.1 Å². The fraction of sp³-hybridized carbons (Fsp3) is 0.235. The molecule has 0 aromatic heterocycles. The molecule has 2 aromatic rings. The zero-order valence-electron chi connectivity index (χ0n) is 13.6. The smallest absolute Gasteiger partial charge is 0.265 e. The molecule has 1 unspecified atom stereocenters. The lowest BCUT2D eigenvalue weighted by Crippen LogP contribution is -2.30. The van der Waals surface area contributed by atoms with Crippen LogP contribution in [0.3, 0.4) is 0 Å². The Kier molecular flexibility index (Phi) is 6.32.